The van der Waals surface area contributed by atoms with Gasteiger partial charge in [-0.3, -0.25) is 0 Å². The van der Waals surface area contributed by atoms with E-state index in [0.29, 0.717) is 5.25 Å². The smallest absolute Gasteiger partial charge is 0.0537 e. The first-order valence-corrected chi connectivity index (χ1v) is 9.70. The molecule has 1 atom stereocenters. The molecule has 26 heavy (non-hydrogen) atoms. The van der Waals surface area contributed by atoms with Crippen LogP contribution in [0.15, 0.2) is 71.2 Å². The molecule has 4 rings (SSSR count). The summed E-state index contributed by atoms with van der Waals surface area (Å²) in [5.74, 6) is 2.61. The van der Waals surface area contributed by atoms with Crippen LogP contribution in [0.1, 0.15) is 24.6 Å². The van der Waals surface area contributed by atoms with Crippen LogP contribution in [0.4, 0.5) is 0 Å². The van der Waals surface area contributed by atoms with Gasteiger partial charge in [-0.1, -0.05) is 36.8 Å². The molecule has 2 aliphatic rings. The van der Waals surface area contributed by atoms with E-state index in [4.69, 9.17) is 6.42 Å². The first kappa shape index (κ1) is 16.8. The molecule has 2 heterocycles. The minimum atomic E-state index is 0.459. The summed E-state index contributed by atoms with van der Waals surface area (Å²) < 4.78 is 2.33. The van der Waals surface area contributed by atoms with E-state index < -0.39 is 0 Å². The van der Waals surface area contributed by atoms with Crippen molar-refractivity contribution in [1.82, 2.24) is 4.57 Å². The number of aromatic nitrogens is 1. The van der Waals surface area contributed by atoms with Crippen molar-refractivity contribution in [3.8, 4) is 12.3 Å². The fourth-order valence-electron chi connectivity index (χ4n) is 3.77. The number of hydrogen-bond acceptors (Lipinski definition) is 1. The maximum absolute atomic E-state index is 5.44. The number of terminal acetylenes is 1. The van der Waals surface area contributed by atoms with E-state index >= 15 is 0 Å². The molecule has 0 spiro atoms. The zero-order valence-electron chi connectivity index (χ0n) is 15.1. The van der Waals surface area contributed by atoms with Crippen molar-refractivity contribution in [2.75, 3.05) is 0 Å². The third-order valence-corrected chi connectivity index (χ3v) is 6.41. The zero-order chi connectivity index (χ0) is 18.3. The lowest BCUT2D eigenvalue weighted by Gasteiger charge is -2.11. The molecule has 1 unspecified atom stereocenters. The summed E-state index contributed by atoms with van der Waals surface area (Å²) in [6, 6.07) is 8.50. The van der Waals surface area contributed by atoms with Crippen LogP contribution in [0.25, 0.3) is 22.7 Å². The SMILES string of the molecule is C#C/C=C\c1c(C)n(C2=CC3=C(CC=C2)SC(C)C3=C)c2ccccc12. The molecule has 1 nitrogen and oxygen atoms in total. The quantitative estimate of drug-likeness (QED) is 0.569. The molecule has 1 aromatic heterocycles. The average Bonchev–Trinajstić information content (AvgIpc) is 2.96. The predicted octanol–water partition coefficient (Wildman–Crippen LogP) is 6.34. The summed E-state index contributed by atoms with van der Waals surface area (Å²) >= 11 is 1.93. The van der Waals surface area contributed by atoms with Crippen molar-refractivity contribution < 1.29 is 0 Å². The molecule has 0 saturated carbocycles. The zero-order valence-corrected chi connectivity index (χ0v) is 15.9. The molecule has 1 aromatic carbocycles. The minimum Gasteiger partial charge on any atom is -0.313 e. The van der Waals surface area contributed by atoms with Crippen molar-refractivity contribution in [2.45, 2.75) is 25.5 Å². The Kier molecular flexibility index (Phi) is 4.26. The van der Waals surface area contributed by atoms with E-state index in [2.05, 4.69) is 73.4 Å². The summed E-state index contributed by atoms with van der Waals surface area (Å²) in [5.41, 5.74) is 7.29. The molecule has 1 aliphatic carbocycles. The molecule has 1 aliphatic heterocycles. The Hall–Kier alpha value is -2.63. The third-order valence-electron chi connectivity index (χ3n) is 5.10. The molecule has 2 heteroatoms. The Morgan fingerprint density at radius 1 is 1.35 bits per heavy atom. The Bertz CT molecular complexity index is 1080. The van der Waals surface area contributed by atoms with Crippen molar-refractivity contribution in [3.63, 3.8) is 0 Å². The Morgan fingerprint density at radius 2 is 2.15 bits per heavy atom. The highest BCUT2D eigenvalue weighted by atomic mass is 32.2. The van der Waals surface area contributed by atoms with E-state index in [1.165, 1.54) is 43.9 Å². The van der Waals surface area contributed by atoms with Gasteiger partial charge in [0.2, 0.25) is 0 Å². The largest absolute Gasteiger partial charge is 0.313 e. The average molecular weight is 356 g/mol. The number of para-hydroxylation sites is 1. The van der Waals surface area contributed by atoms with Crippen molar-refractivity contribution in [1.29, 1.82) is 0 Å². The highest BCUT2D eigenvalue weighted by Crippen LogP contribution is 2.45. The first-order valence-electron chi connectivity index (χ1n) is 8.82. The van der Waals surface area contributed by atoms with Gasteiger partial charge in [0.1, 0.15) is 0 Å². The number of hydrogen-bond donors (Lipinski definition) is 0. The lowest BCUT2D eigenvalue weighted by molar-refractivity contribution is 1.08. The second-order valence-electron chi connectivity index (χ2n) is 6.65. The molecule has 0 saturated heterocycles. The molecule has 2 aromatic rings. The molecule has 0 fully saturated rings. The van der Waals surface area contributed by atoms with Gasteiger partial charge in [0.05, 0.1) is 5.52 Å². The van der Waals surface area contributed by atoms with Crippen LogP contribution in [0, 0.1) is 19.3 Å². The molecular formula is C24H21NS. The monoisotopic (exact) mass is 355 g/mol. The Labute approximate surface area is 159 Å². The van der Waals surface area contributed by atoms with E-state index in [1.807, 2.05) is 17.8 Å². The Balaban J connectivity index is 1.95. The number of benzene rings is 1. The number of thioether (sulfide) groups is 1. The van der Waals surface area contributed by atoms with E-state index in [1.54, 1.807) is 6.08 Å². The summed E-state index contributed by atoms with van der Waals surface area (Å²) in [5, 5.41) is 1.68. The van der Waals surface area contributed by atoms with Crippen LogP contribution in [-0.2, 0) is 0 Å². The van der Waals surface area contributed by atoms with Crippen LogP contribution in [-0.4, -0.2) is 9.82 Å². The number of fused-ring (bicyclic) bond motifs is 1. The Morgan fingerprint density at radius 3 is 2.96 bits per heavy atom. The van der Waals surface area contributed by atoms with Gasteiger partial charge >= 0.3 is 0 Å². The second-order valence-corrected chi connectivity index (χ2v) is 8.09. The molecular weight excluding hydrogens is 334 g/mol. The van der Waals surface area contributed by atoms with Crippen LogP contribution in [0.3, 0.4) is 0 Å². The lowest BCUT2D eigenvalue weighted by atomic mass is 10.0. The minimum absolute atomic E-state index is 0.459. The molecule has 128 valence electrons. The second kappa shape index (κ2) is 6.59. The van der Waals surface area contributed by atoms with E-state index in [0.717, 1.165) is 6.42 Å². The molecule has 0 N–H and O–H groups in total. The highest BCUT2D eigenvalue weighted by molar-refractivity contribution is 8.04. The van der Waals surface area contributed by atoms with E-state index in [-0.39, 0.29) is 0 Å². The predicted molar refractivity (Wildman–Crippen MR) is 116 cm³/mol. The van der Waals surface area contributed by atoms with Crippen LogP contribution in [0.2, 0.25) is 0 Å². The van der Waals surface area contributed by atoms with Gasteiger partial charge in [0.25, 0.3) is 0 Å². The molecule has 0 bridgehead atoms. The number of nitrogens with zero attached hydrogens (tertiary/aromatic N) is 1. The number of rotatable bonds is 2. The highest BCUT2D eigenvalue weighted by Gasteiger charge is 2.25. The maximum atomic E-state index is 5.44. The maximum Gasteiger partial charge on any atom is 0.0537 e. The third kappa shape index (κ3) is 2.60. The first-order chi connectivity index (χ1) is 12.6. The van der Waals surface area contributed by atoms with Crippen molar-refractivity contribution in [2.24, 2.45) is 0 Å². The van der Waals surface area contributed by atoms with Crippen molar-refractivity contribution in [3.05, 3.63) is 82.5 Å². The summed E-state index contributed by atoms with van der Waals surface area (Å²) in [7, 11) is 0. The van der Waals surface area contributed by atoms with Gasteiger partial charge in [-0.05, 0) is 66.7 Å². The number of allylic oxidation sites excluding steroid dienone is 7. The summed E-state index contributed by atoms with van der Waals surface area (Å²) in [6.07, 6.45) is 17.0. The normalized spacial score (nSPS) is 19.8. The fraction of sp³-hybridized carbons (Fsp3) is 0.167. The molecule has 0 radical (unpaired) electrons. The topological polar surface area (TPSA) is 4.93 Å². The van der Waals surface area contributed by atoms with E-state index in [9.17, 15) is 0 Å². The summed E-state index contributed by atoms with van der Waals surface area (Å²) in [4.78, 5) is 1.43. The van der Waals surface area contributed by atoms with Gasteiger partial charge in [0, 0.05) is 27.6 Å². The fourth-order valence-corrected chi connectivity index (χ4v) is 4.97. The van der Waals surface area contributed by atoms with Gasteiger partial charge in [0.15, 0.2) is 0 Å². The lowest BCUT2D eigenvalue weighted by Crippen LogP contribution is -2.00. The standard InChI is InChI=1S/C24H21NS/c1-5-6-11-20-17(3)25(23-13-8-7-12-21(20)23)19-10-9-14-24-22(15-19)16(2)18(4)26-24/h1,6-13,15,18H,2,14H2,3-4H3/b11-6-. The van der Waals surface area contributed by atoms with Gasteiger partial charge in [-0.15, -0.1) is 18.2 Å². The van der Waals surface area contributed by atoms with Crippen LogP contribution < -0.4 is 0 Å². The van der Waals surface area contributed by atoms with Gasteiger partial charge in [-0.25, -0.2) is 0 Å². The van der Waals surface area contributed by atoms with Crippen molar-refractivity contribution >= 4 is 34.4 Å². The molecule has 0 amide bonds. The van der Waals surface area contributed by atoms with Gasteiger partial charge < -0.3 is 4.57 Å². The summed E-state index contributed by atoms with van der Waals surface area (Å²) in [6.45, 7) is 8.72. The van der Waals surface area contributed by atoms with Gasteiger partial charge in [-0.2, -0.15) is 0 Å². The van der Waals surface area contributed by atoms with Crippen LogP contribution in [0.5, 0.6) is 0 Å². The van der Waals surface area contributed by atoms with Crippen LogP contribution >= 0.6 is 11.8 Å².